The fourth-order valence-electron chi connectivity index (χ4n) is 2.90. The highest BCUT2D eigenvalue weighted by Gasteiger charge is 2.28. The SMILES string of the molecule is Cc1ccc(O[C@@H]2CCN(C(=O)CCC(=O)c3ccc(Cl)cc3)C2)nc1. The molecule has 2 aromatic rings. The first-order chi connectivity index (χ1) is 12.5. The molecule has 1 aromatic heterocycles. The topological polar surface area (TPSA) is 59.5 Å². The molecule has 3 rings (SSSR count). The molecule has 0 radical (unpaired) electrons. The van der Waals surface area contributed by atoms with Crippen molar-refractivity contribution in [1.82, 2.24) is 9.88 Å². The van der Waals surface area contributed by atoms with E-state index in [-0.39, 0.29) is 30.6 Å². The van der Waals surface area contributed by atoms with E-state index in [1.165, 1.54) is 0 Å². The Labute approximate surface area is 157 Å². The van der Waals surface area contributed by atoms with Crippen molar-refractivity contribution in [3.63, 3.8) is 0 Å². The summed E-state index contributed by atoms with van der Waals surface area (Å²) < 4.78 is 5.83. The van der Waals surface area contributed by atoms with Crippen molar-refractivity contribution < 1.29 is 14.3 Å². The van der Waals surface area contributed by atoms with Crippen molar-refractivity contribution in [2.24, 2.45) is 0 Å². The third-order valence-corrected chi connectivity index (χ3v) is 4.65. The van der Waals surface area contributed by atoms with Gasteiger partial charge in [-0.15, -0.1) is 0 Å². The second kappa shape index (κ2) is 8.32. The van der Waals surface area contributed by atoms with E-state index in [2.05, 4.69) is 4.98 Å². The van der Waals surface area contributed by atoms with E-state index in [9.17, 15) is 9.59 Å². The van der Waals surface area contributed by atoms with Gasteiger partial charge in [-0.1, -0.05) is 17.7 Å². The lowest BCUT2D eigenvalue weighted by Gasteiger charge is -2.17. The Morgan fingerprint density at radius 3 is 2.65 bits per heavy atom. The summed E-state index contributed by atoms with van der Waals surface area (Å²) in [5.74, 6) is 0.508. The number of ketones is 1. The van der Waals surface area contributed by atoms with Gasteiger partial charge >= 0.3 is 0 Å². The van der Waals surface area contributed by atoms with Crippen LogP contribution in [0.4, 0.5) is 0 Å². The summed E-state index contributed by atoms with van der Waals surface area (Å²) in [6, 6.07) is 10.5. The highest BCUT2D eigenvalue weighted by Crippen LogP contribution is 2.18. The van der Waals surface area contributed by atoms with Crippen molar-refractivity contribution in [3.8, 4) is 5.88 Å². The minimum Gasteiger partial charge on any atom is -0.472 e. The van der Waals surface area contributed by atoms with Gasteiger partial charge in [0.15, 0.2) is 5.78 Å². The predicted molar refractivity (Wildman–Crippen MR) is 99.6 cm³/mol. The maximum Gasteiger partial charge on any atom is 0.223 e. The first kappa shape index (κ1) is 18.4. The molecule has 0 N–H and O–H groups in total. The molecule has 1 fully saturated rings. The van der Waals surface area contributed by atoms with Crippen LogP contribution in [0.1, 0.15) is 35.2 Å². The number of benzene rings is 1. The molecular weight excluding hydrogens is 352 g/mol. The fourth-order valence-corrected chi connectivity index (χ4v) is 3.03. The zero-order valence-corrected chi connectivity index (χ0v) is 15.4. The number of carbonyl (C=O) groups is 2. The number of aromatic nitrogens is 1. The average molecular weight is 373 g/mol. The van der Waals surface area contributed by atoms with Gasteiger partial charge in [-0.25, -0.2) is 4.98 Å². The van der Waals surface area contributed by atoms with Crippen LogP contribution in [0.2, 0.25) is 5.02 Å². The molecule has 1 aromatic carbocycles. The first-order valence-corrected chi connectivity index (χ1v) is 9.05. The summed E-state index contributed by atoms with van der Waals surface area (Å²) in [7, 11) is 0. The molecule has 136 valence electrons. The van der Waals surface area contributed by atoms with Crippen LogP contribution < -0.4 is 4.74 Å². The molecule has 0 spiro atoms. The Morgan fingerprint density at radius 2 is 1.96 bits per heavy atom. The molecule has 2 heterocycles. The molecule has 1 aliphatic heterocycles. The number of nitrogens with zero attached hydrogens (tertiary/aromatic N) is 2. The Morgan fingerprint density at radius 1 is 1.19 bits per heavy atom. The molecule has 0 bridgehead atoms. The van der Waals surface area contributed by atoms with Gasteiger partial charge in [-0.2, -0.15) is 0 Å². The summed E-state index contributed by atoms with van der Waals surface area (Å²) in [4.78, 5) is 30.5. The average Bonchev–Trinajstić information content (AvgIpc) is 3.10. The third kappa shape index (κ3) is 4.82. The lowest BCUT2D eigenvalue weighted by molar-refractivity contribution is -0.130. The maximum atomic E-state index is 12.4. The summed E-state index contributed by atoms with van der Waals surface area (Å²) >= 11 is 5.82. The lowest BCUT2D eigenvalue weighted by atomic mass is 10.1. The molecule has 1 amide bonds. The maximum absolute atomic E-state index is 12.4. The van der Waals surface area contributed by atoms with Crippen LogP contribution in [0.3, 0.4) is 0 Å². The number of pyridine rings is 1. The number of Topliss-reactive ketones (excluding diaryl/α,β-unsaturated/α-hetero) is 1. The number of carbonyl (C=O) groups excluding carboxylic acids is 2. The fraction of sp³-hybridized carbons (Fsp3) is 0.350. The van der Waals surface area contributed by atoms with Gasteiger partial charge in [-0.05, 0) is 36.8 Å². The predicted octanol–water partition coefficient (Wildman–Crippen LogP) is 3.69. The number of amides is 1. The van der Waals surface area contributed by atoms with Crippen molar-refractivity contribution >= 4 is 23.3 Å². The lowest BCUT2D eigenvalue weighted by Crippen LogP contribution is -2.31. The van der Waals surface area contributed by atoms with Crippen molar-refractivity contribution in [3.05, 3.63) is 58.7 Å². The number of ether oxygens (including phenoxy) is 1. The van der Waals surface area contributed by atoms with Crippen LogP contribution >= 0.6 is 11.6 Å². The Balaban J connectivity index is 1.46. The van der Waals surface area contributed by atoms with Crippen LogP contribution in [-0.4, -0.2) is 40.8 Å². The van der Waals surface area contributed by atoms with Crippen molar-refractivity contribution in [2.75, 3.05) is 13.1 Å². The molecule has 6 heteroatoms. The Kier molecular flexibility index (Phi) is 5.89. The number of rotatable bonds is 6. The first-order valence-electron chi connectivity index (χ1n) is 8.67. The zero-order chi connectivity index (χ0) is 18.5. The molecule has 1 aliphatic rings. The van der Waals surface area contributed by atoms with Gasteiger partial charge in [0.2, 0.25) is 11.8 Å². The molecule has 5 nitrogen and oxygen atoms in total. The molecular formula is C20H21ClN2O3. The van der Waals surface area contributed by atoms with E-state index >= 15 is 0 Å². The number of hydrogen-bond donors (Lipinski definition) is 0. The molecule has 1 atom stereocenters. The van der Waals surface area contributed by atoms with Crippen LogP contribution in [0.5, 0.6) is 5.88 Å². The van der Waals surface area contributed by atoms with Crippen molar-refractivity contribution in [2.45, 2.75) is 32.3 Å². The summed E-state index contributed by atoms with van der Waals surface area (Å²) in [5, 5.41) is 0.587. The van der Waals surface area contributed by atoms with Crippen LogP contribution in [-0.2, 0) is 4.79 Å². The molecule has 0 unspecified atom stereocenters. The number of halogens is 1. The van der Waals surface area contributed by atoms with Crippen LogP contribution in [0.25, 0.3) is 0 Å². The van der Waals surface area contributed by atoms with E-state index in [1.54, 1.807) is 35.4 Å². The van der Waals surface area contributed by atoms with E-state index in [0.29, 0.717) is 29.6 Å². The van der Waals surface area contributed by atoms with Crippen LogP contribution in [0.15, 0.2) is 42.6 Å². The van der Waals surface area contributed by atoms with Gasteiger partial charge in [-0.3, -0.25) is 9.59 Å². The van der Waals surface area contributed by atoms with Crippen molar-refractivity contribution in [1.29, 1.82) is 0 Å². The normalized spacial score (nSPS) is 16.5. The summed E-state index contributed by atoms with van der Waals surface area (Å²) in [5.41, 5.74) is 1.65. The zero-order valence-electron chi connectivity index (χ0n) is 14.7. The van der Waals surface area contributed by atoms with Gasteiger partial charge in [0, 0.05) is 48.7 Å². The second-order valence-corrected chi connectivity index (χ2v) is 6.91. The van der Waals surface area contributed by atoms with Gasteiger partial charge < -0.3 is 9.64 Å². The third-order valence-electron chi connectivity index (χ3n) is 4.40. The van der Waals surface area contributed by atoms with Gasteiger partial charge in [0.05, 0.1) is 6.54 Å². The quantitative estimate of drug-likeness (QED) is 0.725. The summed E-state index contributed by atoms with van der Waals surface area (Å²) in [6.07, 6.45) is 2.88. The standard InChI is InChI=1S/C20H21ClN2O3/c1-14-2-8-19(22-12-14)26-17-10-11-23(13-17)20(25)9-7-18(24)15-3-5-16(21)6-4-15/h2-6,8,12,17H,7,9-11,13H2,1H3/t17-/m1/s1. The number of aryl methyl sites for hydroxylation is 1. The highest BCUT2D eigenvalue weighted by atomic mass is 35.5. The second-order valence-electron chi connectivity index (χ2n) is 6.47. The van der Waals surface area contributed by atoms with E-state index in [1.807, 2.05) is 19.1 Å². The molecule has 0 aliphatic carbocycles. The van der Waals surface area contributed by atoms with Crippen LogP contribution in [0, 0.1) is 6.92 Å². The van der Waals surface area contributed by atoms with E-state index in [4.69, 9.17) is 16.3 Å². The van der Waals surface area contributed by atoms with Gasteiger partial charge in [0.1, 0.15) is 6.10 Å². The molecule has 26 heavy (non-hydrogen) atoms. The van der Waals surface area contributed by atoms with Gasteiger partial charge in [0.25, 0.3) is 0 Å². The molecule has 0 saturated carbocycles. The minimum atomic E-state index is -0.0545. The Bertz CT molecular complexity index is 775. The van der Waals surface area contributed by atoms with E-state index in [0.717, 1.165) is 12.0 Å². The Hall–Kier alpha value is -2.40. The minimum absolute atomic E-state index is 0.0183. The smallest absolute Gasteiger partial charge is 0.223 e. The summed E-state index contributed by atoms with van der Waals surface area (Å²) in [6.45, 7) is 3.14. The van der Waals surface area contributed by atoms with E-state index < -0.39 is 0 Å². The monoisotopic (exact) mass is 372 g/mol. The number of likely N-dealkylation sites (tertiary alicyclic amines) is 1. The molecule has 1 saturated heterocycles. The highest BCUT2D eigenvalue weighted by molar-refractivity contribution is 6.30. The largest absolute Gasteiger partial charge is 0.472 e. The number of hydrogen-bond acceptors (Lipinski definition) is 4.